The molecule has 0 saturated heterocycles. The maximum absolute atomic E-state index is 12.2. The van der Waals surface area contributed by atoms with Crippen molar-refractivity contribution >= 4 is 39.6 Å². The molecule has 0 N–H and O–H groups in total. The molecule has 0 radical (unpaired) electrons. The molecule has 6 nitrogen and oxygen atoms in total. The zero-order valence-corrected chi connectivity index (χ0v) is 15.2. The summed E-state index contributed by atoms with van der Waals surface area (Å²) >= 11 is 6.21. The Labute approximate surface area is 158 Å². The van der Waals surface area contributed by atoms with Gasteiger partial charge in [-0.2, -0.15) is 0 Å². The number of aromatic nitrogens is 2. The van der Waals surface area contributed by atoms with Gasteiger partial charge in [-0.05, 0) is 36.8 Å². The average molecular weight is 383 g/mol. The van der Waals surface area contributed by atoms with Crippen LogP contribution in [0.25, 0.3) is 22.0 Å². The van der Waals surface area contributed by atoms with Gasteiger partial charge in [0.1, 0.15) is 18.3 Å². The number of fused-ring (bicyclic) bond motifs is 2. The number of hydrogen-bond acceptors (Lipinski definition) is 5. The van der Waals surface area contributed by atoms with Crippen LogP contribution < -0.4 is 5.76 Å². The third-order valence-electron chi connectivity index (χ3n) is 4.25. The number of carbonyl (C=O) groups is 1. The van der Waals surface area contributed by atoms with Gasteiger partial charge in [0.2, 0.25) is 0 Å². The van der Waals surface area contributed by atoms with Crippen LogP contribution >= 0.6 is 11.6 Å². The number of halogens is 1. The molecule has 2 aromatic heterocycles. The zero-order valence-electron chi connectivity index (χ0n) is 14.4. The summed E-state index contributed by atoms with van der Waals surface area (Å²) in [5, 5.41) is 1.19. The van der Waals surface area contributed by atoms with E-state index in [-0.39, 0.29) is 18.3 Å². The van der Waals surface area contributed by atoms with Crippen molar-refractivity contribution in [1.29, 1.82) is 0 Å². The first kappa shape index (κ1) is 17.3. The number of carbonyl (C=O) groups excluding carboxylic acids is 1. The van der Waals surface area contributed by atoms with Crippen molar-refractivity contribution in [3.63, 3.8) is 0 Å². The third-order valence-corrected chi connectivity index (χ3v) is 4.58. The minimum atomic E-state index is -0.603. The Morgan fingerprint density at radius 3 is 2.89 bits per heavy atom. The fourth-order valence-corrected chi connectivity index (χ4v) is 3.10. The summed E-state index contributed by atoms with van der Waals surface area (Å²) in [5.74, 6) is -1.17. The fraction of sp³-hybridized carbons (Fsp3) is 0.150. The molecule has 7 heteroatoms. The SMILES string of the molecule is Cc1ccc2cc(COC(=O)Cn3c(=O)oc4ccccc43)c(Cl)nc2c1. The monoisotopic (exact) mass is 382 g/mol. The number of nitrogens with zero attached hydrogens (tertiary/aromatic N) is 2. The molecular formula is C20H15ClN2O4. The van der Waals surface area contributed by atoms with Crippen LogP contribution in [0.15, 0.2) is 57.7 Å². The largest absolute Gasteiger partial charge is 0.459 e. The molecule has 2 aromatic carbocycles. The number of esters is 1. The van der Waals surface area contributed by atoms with E-state index in [9.17, 15) is 9.59 Å². The Hall–Kier alpha value is -3.12. The highest BCUT2D eigenvalue weighted by atomic mass is 35.5. The molecule has 27 heavy (non-hydrogen) atoms. The quantitative estimate of drug-likeness (QED) is 0.396. The molecule has 0 unspecified atom stereocenters. The second kappa shape index (κ2) is 6.89. The van der Waals surface area contributed by atoms with Crippen LogP contribution in [-0.2, 0) is 22.7 Å². The van der Waals surface area contributed by atoms with Crippen molar-refractivity contribution in [3.8, 4) is 0 Å². The van der Waals surface area contributed by atoms with E-state index in [2.05, 4.69) is 4.98 Å². The number of aryl methyl sites for hydroxylation is 1. The van der Waals surface area contributed by atoms with Crippen LogP contribution in [0.2, 0.25) is 5.15 Å². The molecule has 0 amide bonds. The third kappa shape index (κ3) is 3.44. The highest BCUT2D eigenvalue weighted by Gasteiger charge is 2.14. The lowest BCUT2D eigenvalue weighted by atomic mass is 10.1. The first-order chi connectivity index (χ1) is 13.0. The second-order valence-electron chi connectivity index (χ2n) is 6.22. The van der Waals surface area contributed by atoms with Crippen LogP contribution in [0.3, 0.4) is 0 Å². The molecule has 4 aromatic rings. The number of rotatable bonds is 4. The molecule has 0 aliphatic heterocycles. The summed E-state index contributed by atoms with van der Waals surface area (Å²) in [5.41, 5.74) is 3.44. The van der Waals surface area contributed by atoms with E-state index in [1.807, 2.05) is 31.2 Å². The molecule has 0 aliphatic rings. The average Bonchev–Trinajstić information content (AvgIpc) is 2.95. The summed E-state index contributed by atoms with van der Waals surface area (Å²) in [7, 11) is 0. The Balaban J connectivity index is 1.51. The van der Waals surface area contributed by atoms with E-state index in [0.29, 0.717) is 16.7 Å². The first-order valence-corrected chi connectivity index (χ1v) is 8.69. The van der Waals surface area contributed by atoms with Crippen molar-refractivity contribution in [3.05, 3.63) is 75.4 Å². The summed E-state index contributed by atoms with van der Waals surface area (Å²) in [6, 6.07) is 14.6. The van der Waals surface area contributed by atoms with Crippen molar-refractivity contribution in [2.45, 2.75) is 20.1 Å². The lowest BCUT2D eigenvalue weighted by molar-refractivity contribution is -0.145. The molecule has 2 heterocycles. The molecule has 0 atom stereocenters. The van der Waals surface area contributed by atoms with Gasteiger partial charge in [-0.25, -0.2) is 9.78 Å². The van der Waals surface area contributed by atoms with Crippen LogP contribution in [0, 0.1) is 6.92 Å². The summed E-state index contributed by atoms with van der Waals surface area (Å²) in [6.07, 6.45) is 0. The summed E-state index contributed by atoms with van der Waals surface area (Å²) in [4.78, 5) is 28.5. The molecular weight excluding hydrogens is 368 g/mol. The smallest absolute Gasteiger partial charge is 0.420 e. The van der Waals surface area contributed by atoms with Crippen LogP contribution in [-0.4, -0.2) is 15.5 Å². The normalized spacial score (nSPS) is 11.2. The van der Waals surface area contributed by atoms with Gasteiger partial charge in [-0.1, -0.05) is 35.9 Å². The molecule has 0 aliphatic carbocycles. The van der Waals surface area contributed by atoms with E-state index >= 15 is 0 Å². The minimum Gasteiger partial charge on any atom is -0.459 e. The van der Waals surface area contributed by atoms with Crippen LogP contribution in [0.4, 0.5) is 0 Å². The number of oxazole rings is 1. The number of benzene rings is 2. The highest BCUT2D eigenvalue weighted by molar-refractivity contribution is 6.30. The summed E-state index contributed by atoms with van der Waals surface area (Å²) < 4.78 is 11.6. The Kier molecular flexibility index (Phi) is 4.41. The highest BCUT2D eigenvalue weighted by Crippen LogP contribution is 2.22. The van der Waals surface area contributed by atoms with Gasteiger partial charge >= 0.3 is 11.7 Å². The number of pyridine rings is 1. The van der Waals surface area contributed by atoms with E-state index in [1.54, 1.807) is 24.3 Å². The molecule has 136 valence electrons. The van der Waals surface area contributed by atoms with E-state index in [1.165, 1.54) is 4.57 Å². The lowest BCUT2D eigenvalue weighted by Gasteiger charge is -2.08. The molecule has 0 spiro atoms. The van der Waals surface area contributed by atoms with Crippen LogP contribution in [0.5, 0.6) is 0 Å². The number of para-hydroxylation sites is 2. The Morgan fingerprint density at radius 2 is 2.04 bits per heavy atom. The van der Waals surface area contributed by atoms with Crippen molar-refractivity contribution in [2.75, 3.05) is 0 Å². The zero-order chi connectivity index (χ0) is 19.0. The maximum Gasteiger partial charge on any atom is 0.420 e. The number of hydrogen-bond donors (Lipinski definition) is 0. The van der Waals surface area contributed by atoms with Gasteiger partial charge in [-0.15, -0.1) is 0 Å². The summed E-state index contributed by atoms with van der Waals surface area (Å²) in [6.45, 7) is 1.71. The van der Waals surface area contributed by atoms with Crippen LogP contribution in [0.1, 0.15) is 11.1 Å². The topological polar surface area (TPSA) is 74.3 Å². The molecule has 0 bridgehead atoms. The van der Waals surface area contributed by atoms with E-state index in [0.717, 1.165) is 16.5 Å². The number of ether oxygens (including phenoxy) is 1. The van der Waals surface area contributed by atoms with Gasteiger partial charge in [-0.3, -0.25) is 9.36 Å². The first-order valence-electron chi connectivity index (χ1n) is 8.31. The van der Waals surface area contributed by atoms with Gasteiger partial charge in [0, 0.05) is 10.9 Å². The van der Waals surface area contributed by atoms with Gasteiger partial charge in [0.15, 0.2) is 5.58 Å². The van der Waals surface area contributed by atoms with Crippen molar-refractivity contribution < 1.29 is 13.9 Å². The molecule has 4 rings (SSSR count). The standard InChI is InChI=1S/C20H15ClN2O4/c1-12-6-7-13-9-14(19(21)22-15(13)8-12)11-26-18(24)10-23-16-4-2-3-5-17(16)27-20(23)25/h2-9H,10-11H2,1H3. The predicted molar refractivity (Wildman–Crippen MR) is 102 cm³/mol. The second-order valence-corrected chi connectivity index (χ2v) is 6.57. The van der Waals surface area contributed by atoms with Gasteiger partial charge in [0.25, 0.3) is 0 Å². The minimum absolute atomic E-state index is 0.0288. The van der Waals surface area contributed by atoms with E-state index in [4.69, 9.17) is 20.8 Å². The van der Waals surface area contributed by atoms with Crippen molar-refractivity contribution in [2.24, 2.45) is 0 Å². The predicted octanol–water partition coefficient (Wildman–Crippen LogP) is 3.85. The Bertz CT molecular complexity index is 1230. The molecule has 0 fully saturated rings. The van der Waals surface area contributed by atoms with Gasteiger partial charge < -0.3 is 9.15 Å². The van der Waals surface area contributed by atoms with E-state index < -0.39 is 11.7 Å². The maximum atomic E-state index is 12.2. The Morgan fingerprint density at radius 1 is 1.22 bits per heavy atom. The molecule has 0 saturated carbocycles. The van der Waals surface area contributed by atoms with Crippen molar-refractivity contribution in [1.82, 2.24) is 9.55 Å². The lowest BCUT2D eigenvalue weighted by Crippen LogP contribution is -2.21. The fourth-order valence-electron chi connectivity index (χ4n) is 2.90. The van der Waals surface area contributed by atoms with Gasteiger partial charge in [0.05, 0.1) is 11.0 Å².